The summed E-state index contributed by atoms with van der Waals surface area (Å²) in [6.07, 6.45) is 5.32. The van der Waals surface area contributed by atoms with Gasteiger partial charge in [0.1, 0.15) is 5.82 Å². The van der Waals surface area contributed by atoms with Crippen molar-refractivity contribution in [1.29, 1.82) is 0 Å². The fraction of sp³-hybridized carbons (Fsp3) is 0.273. The third kappa shape index (κ3) is 3.78. The molecule has 1 atom stereocenters. The number of aromatic amines is 1. The minimum absolute atomic E-state index is 0.0166. The highest BCUT2D eigenvalue weighted by molar-refractivity contribution is 7.98. The molecule has 0 saturated carbocycles. The summed E-state index contributed by atoms with van der Waals surface area (Å²) in [7, 11) is 2.01. The summed E-state index contributed by atoms with van der Waals surface area (Å²) in [4.78, 5) is 20.9. The minimum atomic E-state index is -0.123. The maximum absolute atomic E-state index is 12.9. The van der Waals surface area contributed by atoms with Crippen LogP contribution in [0.15, 0.2) is 54.7 Å². The maximum atomic E-state index is 12.9. The molecule has 0 bridgehead atoms. The van der Waals surface area contributed by atoms with E-state index in [1.165, 1.54) is 0 Å². The summed E-state index contributed by atoms with van der Waals surface area (Å²) >= 11 is 1.77. The molecule has 144 valence electrons. The van der Waals surface area contributed by atoms with Crippen molar-refractivity contribution in [3.05, 3.63) is 66.1 Å². The highest BCUT2D eigenvalue weighted by atomic mass is 32.2. The van der Waals surface area contributed by atoms with E-state index in [1.807, 2.05) is 49.6 Å². The average Bonchev–Trinajstić information content (AvgIpc) is 3.27. The van der Waals surface area contributed by atoms with E-state index in [0.29, 0.717) is 6.42 Å². The van der Waals surface area contributed by atoms with Crippen molar-refractivity contribution in [3.63, 3.8) is 0 Å². The molecular weight excluding hydrogens is 368 g/mol. The van der Waals surface area contributed by atoms with Crippen LogP contribution in [-0.2, 0) is 18.3 Å². The van der Waals surface area contributed by atoms with Crippen LogP contribution < -0.4 is 5.32 Å². The van der Waals surface area contributed by atoms with Gasteiger partial charge in [-0.15, -0.1) is 0 Å². The fourth-order valence-corrected chi connectivity index (χ4v) is 4.11. The molecule has 2 aromatic carbocycles. The molecule has 4 rings (SSSR count). The lowest BCUT2D eigenvalue weighted by Crippen LogP contribution is -2.31. The van der Waals surface area contributed by atoms with Gasteiger partial charge in [-0.3, -0.25) is 4.79 Å². The standard InChI is InChI=1S/C22H24N4OS/c1-26-14-15(16-7-3-6-10-20(16)26)13-21(27)23-19(11-12-28-2)22-24-17-8-4-5-9-18(17)25-22/h3-10,14,19H,11-13H2,1-2H3,(H,23,27)(H,24,25). The number of imidazole rings is 1. The summed E-state index contributed by atoms with van der Waals surface area (Å²) in [5.74, 6) is 1.79. The van der Waals surface area contributed by atoms with Gasteiger partial charge in [0.2, 0.25) is 5.91 Å². The van der Waals surface area contributed by atoms with E-state index < -0.39 is 0 Å². The van der Waals surface area contributed by atoms with Crippen molar-refractivity contribution in [2.45, 2.75) is 18.9 Å². The molecule has 2 aromatic heterocycles. The molecule has 6 heteroatoms. The zero-order valence-electron chi connectivity index (χ0n) is 16.1. The second kappa shape index (κ2) is 8.10. The Hall–Kier alpha value is -2.73. The number of hydrogen-bond donors (Lipinski definition) is 2. The van der Waals surface area contributed by atoms with E-state index in [1.54, 1.807) is 11.8 Å². The summed E-state index contributed by atoms with van der Waals surface area (Å²) in [6, 6.07) is 16.0. The van der Waals surface area contributed by atoms with Crippen molar-refractivity contribution in [2.24, 2.45) is 7.05 Å². The molecule has 0 spiro atoms. The molecule has 4 aromatic rings. The SMILES string of the molecule is CSCCC(NC(=O)Cc1cn(C)c2ccccc12)c1nc2ccccc2[nH]1. The summed E-state index contributed by atoms with van der Waals surface area (Å²) < 4.78 is 2.07. The van der Waals surface area contributed by atoms with E-state index in [-0.39, 0.29) is 11.9 Å². The van der Waals surface area contributed by atoms with Gasteiger partial charge in [0.05, 0.1) is 23.5 Å². The van der Waals surface area contributed by atoms with Gasteiger partial charge >= 0.3 is 0 Å². The van der Waals surface area contributed by atoms with E-state index in [9.17, 15) is 4.79 Å². The van der Waals surface area contributed by atoms with Crippen LogP contribution in [0.25, 0.3) is 21.9 Å². The predicted octanol–water partition coefficient (Wildman–Crippen LogP) is 4.21. The molecule has 1 unspecified atom stereocenters. The average molecular weight is 393 g/mol. The topological polar surface area (TPSA) is 62.7 Å². The molecule has 2 heterocycles. The number of hydrogen-bond acceptors (Lipinski definition) is 3. The number of carbonyl (C=O) groups excluding carboxylic acids is 1. The van der Waals surface area contributed by atoms with Crippen LogP contribution in [-0.4, -0.2) is 32.5 Å². The molecule has 0 radical (unpaired) electrons. The lowest BCUT2D eigenvalue weighted by atomic mass is 10.1. The van der Waals surface area contributed by atoms with Crippen molar-refractivity contribution < 1.29 is 4.79 Å². The molecule has 0 aliphatic rings. The van der Waals surface area contributed by atoms with Gasteiger partial charge in [0, 0.05) is 24.1 Å². The number of H-pyrrole nitrogens is 1. The Morgan fingerprint density at radius 2 is 2.00 bits per heavy atom. The summed E-state index contributed by atoms with van der Waals surface area (Å²) in [5, 5.41) is 4.33. The van der Waals surface area contributed by atoms with Crippen molar-refractivity contribution in [1.82, 2.24) is 19.9 Å². The Morgan fingerprint density at radius 1 is 1.21 bits per heavy atom. The van der Waals surface area contributed by atoms with E-state index in [2.05, 4.69) is 33.3 Å². The number of benzene rings is 2. The summed E-state index contributed by atoms with van der Waals surface area (Å²) in [6.45, 7) is 0. The number of amides is 1. The van der Waals surface area contributed by atoms with Gasteiger partial charge in [-0.05, 0) is 42.2 Å². The molecule has 5 nitrogen and oxygen atoms in total. The number of rotatable bonds is 7. The third-order valence-corrected chi connectivity index (χ3v) is 5.66. The molecule has 1 amide bonds. The van der Waals surface area contributed by atoms with Crippen LogP contribution in [0.4, 0.5) is 0 Å². The van der Waals surface area contributed by atoms with Gasteiger partial charge in [-0.1, -0.05) is 30.3 Å². The quantitative estimate of drug-likeness (QED) is 0.495. The number of aryl methyl sites for hydroxylation is 1. The number of aromatic nitrogens is 3. The van der Waals surface area contributed by atoms with Crippen LogP contribution in [0.5, 0.6) is 0 Å². The second-order valence-electron chi connectivity index (χ2n) is 7.00. The van der Waals surface area contributed by atoms with Crippen LogP contribution in [0.3, 0.4) is 0 Å². The van der Waals surface area contributed by atoms with E-state index in [0.717, 1.165) is 45.5 Å². The molecule has 0 fully saturated rings. The van der Waals surface area contributed by atoms with E-state index in [4.69, 9.17) is 4.98 Å². The number of thioether (sulfide) groups is 1. The number of carbonyl (C=O) groups is 1. The molecule has 28 heavy (non-hydrogen) atoms. The first-order valence-corrected chi connectivity index (χ1v) is 10.8. The Bertz CT molecular complexity index is 1080. The molecule has 0 saturated heterocycles. The van der Waals surface area contributed by atoms with Crippen molar-refractivity contribution in [3.8, 4) is 0 Å². The number of para-hydroxylation sites is 3. The number of nitrogens with one attached hydrogen (secondary N) is 2. The monoisotopic (exact) mass is 392 g/mol. The van der Waals surface area contributed by atoms with Gasteiger partial charge in [-0.2, -0.15) is 11.8 Å². The number of fused-ring (bicyclic) bond motifs is 2. The molecule has 0 aliphatic carbocycles. The van der Waals surface area contributed by atoms with Gasteiger partial charge in [-0.25, -0.2) is 4.98 Å². The first kappa shape index (κ1) is 18.6. The minimum Gasteiger partial charge on any atom is -0.350 e. The van der Waals surface area contributed by atoms with Crippen LogP contribution in [0, 0.1) is 0 Å². The first-order valence-electron chi connectivity index (χ1n) is 9.41. The Morgan fingerprint density at radius 3 is 2.82 bits per heavy atom. The highest BCUT2D eigenvalue weighted by Crippen LogP contribution is 2.23. The van der Waals surface area contributed by atoms with E-state index >= 15 is 0 Å². The maximum Gasteiger partial charge on any atom is 0.225 e. The highest BCUT2D eigenvalue weighted by Gasteiger charge is 2.19. The Kier molecular flexibility index (Phi) is 5.39. The van der Waals surface area contributed by atoms with Crippen LogP contribution in [0.2, 0.25) is 0 Å². The fourth-order valence-electron chi connectivity index (χ4n) is 3.64. The van der Waals surface area contributed by atoms with Crippen molar-refractivity contribution >= 4 is 39.6 Å². The van der Waals surface area contributed by atoms with Gasteiger partial charge < -0.3 is 14.9 Å². The van der Waals surface area contributed by atoms with Crippen LogP contribution in [0.1, 0.15) is 23.9 Å². The lowest BCUT2D eigenvalue weighted by Gasteiger charge is -2.16. The van der Waals surface area contributed by atoms with Crippen molar-refractivity contribution in [2.75, 3.05) is 12.0 Å². The lowest BCUT2D eigenvalue weighted by molar-refractivity contribution is -0.121. The number of nitrogens with zero attached hydrogens (tertiary/aromatic N) is 2. The Balaban J connectivity index is 1.55. The van der Waals surface area contributed by atoms with Gasteiger partial charge in [0.25, 0.3) is 0 Å². The first-order chi connectivity index (χ1) is 13.7. The zero-order chi connectivity index (χ0) is 19.5. The predicted molar refractivity (Wildman–Crippen MR) is 117 cm³/mol. The van der Waals surface area contributed by atoms with Crippen LogP contribution >= 0.6 is 11.8 Å². The summed E-state index contributed by atoms with van der Waals surface area (Å²) in [5.41, 5.74) is 4.11. The second-order valence-corrected chi connectivity index (χ2v) is 7.99. The van der Waals surface area contributed by atoms with Gasteiger partial charge in [0.15, 0.2) is 0 Å². The molecule has 2 N–H and O–H groups in total. The normalized spacial score (nSPS) is 12.5. The molecule has 0 aliphatic heterocycles. The molecular formula is C22H24N4OS. The largest absolute Gasteiger partial charge is 0.350 e. The third-order valence-electron chi connectivity index (χ3n) is 5.01. The smallest absolute Gasteiger partial charge is 0.225 e. The zero-order valence-corrected chi connectivity index (χ0v) is 16.9. The Labute approximate surface area is 168 Å².